The van der Waals surface area contributed by atoms with Crippen molar-refractivity contribution in [3.8, 4) is 23.0 Å². The molecule has 35 heavy (non-hydrogen) atoms. The maximum atomic E-state index is 10.4. The highest BCUT2D eigenvalue weighted by molar-refractivity contribution is 5.43. The number of methoxy groups -OCH3 is 1. The van der Waals surface area contributed by atoms with Gasteiger partial charge in [0.25, 0.3) is 0 Å². The predicted molar refractivity (Wildman–Crippen MR) is 125 cm³/mol. The molecule has 1 fully saturated rings. The van der Waals surface area contributed by atoms with Crippen LogP contribution < -0.4 is 9.47 Å². The lowest BCUT2D eigenvalue weighted by Gasteiger charge is -2.38. The number of hydrogen-bond donors (Lipinski definition) is 6. The third-order valence-corrected chi connectivity index (χ3v) is 5.93. The van der Waals surface area contributed by atoms with E-state index in [1.54, 1.807) is 37.3 Å². The lowest BCUT2D eigenvalue weighted by atomic mass is 10.00. The van der Waals surface area contributed by atoms with Crippen molar-refractivity contribution in [2.45, 2.75) is 63.0 Å². The van der Waals surface area contributed by atoms with Crippen molar-refractivity contribution in [1.29, 1.82) is 0 Å². The molecule has 1 aliphatic rings. The third kappa shape index (κ3) is 6.97. The summed E-state index contributed by atoms with van der Waals surface area (Å²) in [6.07, 6.45) is -4.72. The zero-order valence-corrected chi connectivity index (χ0v) is 19.8. The fourth-order valence-electron chi connectivity index (χ4n) is 3.88. The summed E-state index contributed by atoms with van der Waals surface area (Å²) in [6.45, 7) is 1.55. The van der Waals surface area contributed by atoms with E-state index in [1.165, 1.54) is 13.2 Å². The minimum Gasteiger partial charge on any atom is -0.504 e. The van der Waals surface area contributed by atoms with Gasteiger partial charge in [-0.15, -0.1) is 0 Å². The summed E-state index contributed by atoms with van der Waals surface area (Å²) in [5, 5.41) is 59.4. The smallest absolute Gasteiger partial charge is 0.186 e. The molecule has 2 aromatic carbocycles. The SMILES string of the molecule is COc1cc(C[C@H](CO)Oc2ccc(CCCO[C@@H]3O[C@@H](C)[C@H](O)[C@@H](O)[C@H]3O)cc2O)ccc1O. The van der Waals surface area contributed by atoms with Crippen LogP contribution in [0, 0.1) is 0 Å². The molecule has 0 unspecified atom stereocenters. The summed E-state index contributed by atoms with van der Waals surface area (Å²) < 4.78 is 21.8. The monoisotopic (exact) mass is 494 g/mol. The Labute approximate surface area is 203 Å². The molecular weight excluding hydrogens is 460 g/mol. The first-order valence-electron chi connectivity index (χ1n) is 11.5. The number of rotatable bonds is 11. The summed E-state index contributed by atoms with van der Waals surface area (Å²) in [7, 11) is 1.45. The average Bonchev–Trinajstić information content (AvgIpc) is 2.85. The Morgan fingerprint density at radius 3 is 2.34 bits per heavy atom. The summed E-state index contributed by atoms with van der Waals surface area (Å²) in [6, 6.07) is 9.86. The predicted octanol–water partition coefficient (Wildman–Crippen LogP) is 0.865. The van der Waals surface area contributed by atoms with Gasteiger partial charge in [-0.3, -0.25) is 0 Å². The van der Waals surface area contributed by atoms with Crippen LogP contribution in [-0.2, 0) is 22.3 Å². The van der Waals surface area contributed by atoms with Crippen LogP contribution in [0.3, 0.4) is 0 Å². The molecule has 3 rings (SSSR count). The van der Waals surface area contributed by atoms with Crippen LogP contribution in [0.1, 0.15) is 24.5 Å². The van der Waals surface area contributed by atoms with Gasteiger partial charge in [0.15, 0.2) is 29.3 Å². The Morgan fingerprint density at radius 2 is 1.66 bits per heavy atom. The molecule has 1 saturated heterocycles. The molecule has 0 spiro atoms. The van der Waals surface area contributed by atoms with Crippen LogP contribution in [0.15, 0.2) is 36.4 Å². The molecule has 6 atom stereocenters. The fraction of sp³-hybridized carbons (Fsp3) is 0.520. The van der Waals surface area contributed by atoms with E-state index < -0.39 is 36.8 Å². The Balaban J connectivity index is 1.50. The lowest BCUT2D eigenvalue weighted by molar-refractivity contribution is -0.293. The Bertz CT molecular complexity index is 952. The van der Waals surface area contributed by atoms with Crippen LogP contribution in [0.5, 0.6) is 23.0 Å². The molecule has 0 aliphatic carbocycles. The van der Waals surface area contributed by atoms with Gasteiger partial charge in [-0.1, -0.05) is 12.1 Å². The highest BCUT2D eigenvalue weighted by Gasteiger charge is 2.42. The molecule has 2 aromatic rings. The molecule has 6 N–H and O–H groups in total. The van der Waals surface area contributed by atoms with E-state index in [0.29, 0.717) is 25.0 Å². The normalized spacial score (nSPS) is 25.3. The van der Waals surface area contributed by atoms with E-state index in [-0.39, 0.29) is 30.5 Å². The van der Waals surface area contributed by atoms with Crippen LogP contribution in [0.4, 0.5) is 0 Å². The van der Waals surface area contributed by atoms with Gasteiger partial charge in [0, 0.05) is 6.42 Å². The maximum Gasteiger partial charge on any atom is 0.186 e. The number of benzene rings is 2. The van der Waals surface area contributed by atoms with Crippen molar-refractivity contribution in [3.63, 3.8) is 0 Å². The standard InChI is InChI=1S/C25H34O10/c1-14-22(29)23(30)24(31)25(34-14)33-9-3-4-15-6-8-20(19(28)11-15)35-17(13-26)10-16-5-7-18(27)21(12-16)32-2/h5-8,11-12,14,17,22-31H,3-4,9-10,13H2,1-2H3/t14-,17+,22-,23+,24+,25+/m0/s1. The van der Waals surface area contributed by atoms with Gasteiger partial charge in [0.1, 0.15) is 24.4 Å². The average molecular weight is 495 g/mol. The van der Waals surface area contributed by atoms with Gasteiger partial charge in [0.2, 0.25) is 0 Å². The van der Waals surface area contributed by atoms with E-state index in [1.807, 2.05) is 0 Å². The van der Waals surface area contributed by atoms with Crippen molar-refractivity contribution in [1.82, 2.24) is 0 Å². The summed E-state index contributed by atoms with van der Waals surface area (Å²) >= 11 is 0. The van der Waals surface area contributed by atoms with Crippen LogP contribution >= 0.6 is 0 Å². The van der Waals surface area contributed by atoms with Crippen LogP contribution in [-0.4, -0.2) is 87.8 Å². The molecule has 0 saturated carbocycles. The first kappa shape index (κ1) is 27.0. The molecule has 0 aromatic heterocycles. The van der Waals surface area contributed by atoms with Crippen LogP contribution in [0.25, 0.3) is 0 Å². The Kier molecular flexibility index (Phi) is 9.55. The molecule has 1 heterocycles. The number of phenols is 2. The van der Waals surface area contributed by atoms with Crippen molar-refractivity contribution in [2.75, 3.05) is 20.3 Å². The van der Waals surface area contributed by atoms with E-state index in [4.69, 9.17) is 18.9 Å². The number of phenolic OH excluding ortho intramolecular Hbond substituents is 2. The number of aromatic hydroxyl groups is 2. The molecular formula is C25H34O10. The first-order chi connectivity index (χ1) is 16.7. The number of aryl methyl sites for hydroxylation is 1. The second-order valence-electron chi connectivity index (χ2n) is 8.59. The van der Waals surface area contributed by atoms with E-state index >= 15 is 0 Å². The maximum absolute atomic E-state index is 10.4. The summed E-state index contributed by atoms with van der Waals surface area (Å²) in [5.41, 5.74) is 1.62. The highest BCUT2D eigenvalue weighted by Crippen LogP contribution is 2.30. The fourth-order valence-corrected chi connectivity index (χ4v) is 3.88. The molecule has 0 bridgehead atoms. The van der Waals surface area contributed by atoms with E-state index in [2.05, 4.69) is 0 Å². The third-order valence-electron chi connectivity index (χ3n) is 5.93. The van der Waals surface area contributed by atoms with E-state index in [0.717, 1.165) is 11.1 Å². The quantitative estimate of drug-likeness (QED) is 0.248. The first-order valence-corrected chi connectivity index (χ1v) is 11.5. The molecule has 194 valence electrons. The summed E-state index contributed by atoms with van der Waals surface area (Å²) in [5.74, 6) is 0.505. The van der Waals surface area contributed by atoms with Crippen LogP contribution in [0.2, 0.25) is 0 Å². The van der Waals surface area contributed by atoms with Crippen molar-refractivity contribution in [3.05, 3.63) is 47.5 Å². The Morgan fingerprint density at radius 1 is 0.914 bits per heavy atom. The second kappa shape index (κ2) is 12.4. The van der Waals surface area contributed by atoms with Crippen molar-refractivity contribution >= 4 is 0 Å². The largest absolute Gasteiger partial charge is 0.504 e. The number of ether oxygens (including phenoxy) is 4. The van der Waals surface area contributed by atoms with Crippen molar-refractivity contribution < 1.29 is 49.6 Å². The molecule has 10 heteroatoms. The van der Waals surface area contributed by atoms with Gasteiger partial charge >= 0.3 is 0 Å². The van der Waals surface area contributed by atoms with Crippen molar-refractivity contribution in [2.24, 2.45) is 0 Å². The van der Waals surface area contributed by atoms with Gasteiger partial charge in [-0.25, -0.2) is 0 Å². The molecule has 10 nitrogen and oxygen atoms in total. The molecule has 0 radical (unpaired) electrons. The number of hydrogen-bond acceptors (Lipinski definition) is 10. The zero-order valence-electron chi connectivity index (χ0n) is 19.8. The topological polar surface area (TPSA) is 158 Å². The molecule has 1 aliphatic heterocycles. The number of aliphatic hydroxyl groups is 4. The highest BCUT2D eigenvalue weighted by atomic mass is 16.7. The van der Waals surface area contributed by atoms with Gasteiger partial charge in [0.05, 0.1) is 26.4 Å². The minimum atomic E-state index is -1.34. The number of aliphatic hydroxyl groups excluding tert-OH is 4. The van der Waals surface area contributed by atoms with Gasteiger partial charge in [-0.2, -0.15) is 0 Å². The zero-order chi connectivity index (χ0) is 25.5. The Hall–Kier alpha value is -2.60. The summed E-state index contributed by atoms with van der Waals surface area (Å²) in [4.78, 5) is 0. The lowest BCUT2D eigenvalue weighted by Crippen LogP contribution is -2.57. The van der Waals surface area contributed by atoms with Gasteiger partial charge < -0.3 is 49.6 Å². The minimum absolute atomic E-state index is 0.0183. The van der Waals surface area contributed by atoms with Gasteiger partial charge in [-0.05, 0) is 55.2 Å². The van der Waals surface area contributed by atoms with E-state index in [9.17, 15) is 30.6 Å². The molecule has 0 amide bonds. The second-order valence-corrected chi connectivity index (χ2v) is 8.59.